The van der Waals surface area contributed by atoms with Crippen LogP contribution >= 0.6 is 0 Å². The molecule has 1 aliphatic rings. The van der Waals surface area contributed by atoms with E-state index in [0.717, 1.165) is 30.5 Å². The first kappa shape index (κ1) is 14.3. The second-order valence-electron chi connectivity index (χ2n) is 6.09. The molecule has 0 amide bonds. The first-order chi connectivity index (χ1) is 9.06. The van der Waals surface area contributed by atoms with Crippen LogP contribution < -0.4 is 10.2 Å². The van der Waals surface area contributed by atoms with Gasteiger partial charge in [-0.1, -0.05) is 13.8 Å². The number of anilines is 1. The van der Waals surface area contributed by atoms with Crippen molar-refractivity contribution in [1.82, 2.24) is 15.3 Å². The van der Waals surface area contributed by atoms with Gasteiger partial charge >= 0.3 is 0 Å². The Morgan fingerprint density at radius 1 is 1.26 bits per heavy atom. The molecule has 1 N–H and O–H groups in total. The van der Waals surface area contributed by atoms with Crippen LogP contribution in [0.15, 0.2) is 12.4 Å². The average molecular weight is 262 g/mol. The Balaban J connectivity index is 2.05. The normalized spacial score (nSPS) is 15.3. The van der Waals surface area contributed by atoms with Crippen molar-refractivity contribution in [2.24, 2.45) is 5.92 Å². The van der Waals surface area contributed by atoms with Gasteiger partial charge in [-0.15, -0.1) is 0 Å². The van der Waals surface area contributed by atoms with Crippen molar-refractivity contribution < 1.29 is 0 Å². The molecule has 106 valence electrons. The minimum atomic E-state index is 0.470. The fourth-order valence-corrected chi connectivity index (χ4v) is 2.07. The molecule has 4 nitrogen and oxygen atoms in total. The summed E-state index contributed by atoms with van der Waals surface area (Å²) in [6.07, 6.45) is 6.48. The van der Waals surface area contributed by atoms with E-state index in [2.05, 4.69) is 42.9 Å². The fourth-order valence-electron chi connectivity index (χ4n) is 2.07. The molecule has 1 aromatic rings. The molecule has 1 saturated carbocycles. The van der Waals surface area contributed by atoms with Crippen LogP contribution in [0.3, 0.4) is 0 Å². The summed E-state index contributed by atoms with van der Waals surface area (Å²) >= 11 is 0. The van der Waals surface area contributed by atoms with Crippen LogP contribution in [-0.2, 0) is 6.54 Å². The Morgan fingerprint density at radius 3 is 2.58 bits per heavy atom. The minimum absolute atomic E-state index is 0.470. The standard InChI is InChI=1S/C15H26N4/c1-11(2)17-8-14-7-16-9-15(18-14)19(12(3)4)10-13-5-6-13/h7,9,11-13,17H,5-6,8,10H2,1-4H3. The van der Waals surface area contributed by atoms with Gasteiger partial charge in [-0.3, -0.25) is 4.98 Å². The summed E-state index contributed by atoms with van der Waals surface area (Å²) in [5.41, 5.74) is 1.02. The maximum Gasteiger partial charge on any atom is 0.147 e. The van der Waals surface area contributed by atoms with Gasteiger partial charge in [-0.2, -0.15) is 0 Å². The molecule has 19 heavy (non-hydrogen) atoms. The van der Waals surface area contributed by atoms with Gasteiger partial charge in [0.2, 0.25) is 0 Å². The van der Waals surface area contributed by atoms with E-state index in [1.54, 1.807) is 0 Å². The second kappa shape index (κ2) is 6.33. The lowest BCUT2D eigenvalue weighted by Gasteiger charge is -2.28. The van der Waals surface area contributed by atoms with Gasteiger partial charge < -0.3 is 10.2 Å². The molecule has 0 aromatic carbocycles. The number of aromatic nitrogens is 2. The molecule has 1 fully saturated rings. The predicted octanol–water partition coefficient (Wildman–Crippen LogP) is 2.60. The number of hydrogen-bond acceptors (Lipinski definition) is 4. The van der Waals surface area contributed by atoms with Crippen LogP contribution in [0.5, 0.6) is 0 Å². The van der Waals surface area contributed by atoms with Crippen LogP contribution in [0.1, 0.15) is 46.2 Å². The molecule has 1 aromatic heterocycles. The molecular formula is C15H26N4. The summed E-state index contributed by atoms with van der Waals surface area (Å²) in [6, 6.07) is 0.946. The summed E-state index contributed by atoms with van der Waals surface area (Å²) in [6.45, 7) is 10.6. The van der Waals surface area contributed by atoms with Crippen LogP contribution in [0.25, 0.3) is 0 Å². The van der Waals surface area contributed by atoms with E-state index in [-0.39, 0.29) is 0 Å². The van der Waals surface area contributed by atoms with E-state index in [1.807, 2.05) is 12.4 Å². The SMILES string of the molecule is CC(C)NCc1cncc(N(CC2CC2)C(C)C)n1. The molecule has 1 heterocycles. The highest BCUT2D eigenvalue weighted by Crippen LogP contribution is 2.31. The molecule has 0 unspecified atom stereocenters. The molecule has 0 saturated heterocycles. The van der Waals surface area contributed by atoms with Gasteiger partial charge in [0.1, 0.15) is 5.82 Å². The Bertz CT molecular complexity index is 399. The predicted molar refractivity (Wildman–Crippen MR) is 79.2 cm³/mol. The number of nitrogens with zero attached hydrogens (tertiary/aromatic N) is 3. The highest BCUT2D eigenvalue weighted by Gasteiger charge is 2.26. The van der Waals surface area contributed by atoms with Crippen molar-refractivity contribution in [1.29, 1.82) is 0 Å². The van der Waals surface area contributed by atoms with E-state index in [9.17, 15) is 0 Å². The molecule has 4 heteroatoms. The smallest absolute Gasteiger partial charge is 0.147 e. The molecule has 2 rings (SSSR count). The molecule has 0 radical (unpaired) electrons. The molecule has 0 spiro atoms. The Hall–Kier alpha value is -1.16. The third kappa shape index (κ3) is 4.46. The maximum atomic E-state index is 4.75. The van der Waals surface area contributed by atoms with E-state index in [0.29, 0.717) is 12.1 Å². The molecule has 0 atom stereocenters. The van der Waals surface area contributed by atoms with Gasteiger partial charge in [0.15, 0.2) is 0 Å². The highest BCUT2D eigenvalue weighted by atomic mass is 15.2. The summed E-state index contributed by atoms with van der Waals surface area (Å²) in [7, 11) is 0. The van der Waals surface area contributed by atoms with E-state index in [1.165, 1.54) is 12.8 Å². The van der Waals surface area contributed by atoms with Crippen molar-refractivity contribution in [2.75, 3.05) is 11.4 Å². The van der Waals surface area contributed by atoms with Crippen LogP contribution in [0.4, 0.5) is 5.82 Å². The van der Waals surface area contributed by atoms with Crippen molar-refractivity contribution >= 4 is 5.82 Å². The lowest BCUT2D eigenvalue weighted by atomic mass is 10.2. The Labute approximate surface area is 116 Å². The highest BCUT2D eigenvalue weighted by molar-refractivity contribution is 5.37. The topological polar surface area (TPSA) is 41.1 Å². The lowest BCUT2D eigenvalue weighted by molar-refractivity contribution is 0.577. The monoisotopic (exact) mass is 262 g/mol. The number of nitrogens with one attached hydrogen (secondary N) is 1. The summed E-state index contributed by atoms with van der Waals surface area (Å²) in [5, 5.41) is 3.39. The summed E-state index contributed by atoms with van der Waals surface area (Å²) in [4.78, 5) is 11.5. The number of hydrogen-bond donors (Lipinski definition) is 1. The number of rotatable bonds is 7. The van der Waals surface area contributed by atoms with Gasteiger partial charge in [0.25, 0.3) is 0 Å². The minimum Gasteiger partial charge on any atom is -0.353 e. The van der Waals surface area contributed by atoms with E-state index in [4.69, 9.17) is 4.98 Å². The Morgan fingerprint density at radius 2 is 2.00 bits per heavy atom. The maximum absolute atomic E-state index is 4.75. The van der Waals surface area contributed by atoms with Crippen LogP contribution in [-0.4, -0.2) is 28.6 Å². The van der Waals surface area contributed by atoms with Crippen LogP contribution in [0, 0.1) is 5.92 Å². The van der Waals surface area contributed by atoms with E-state index >= 15 is 0 Å². The lowest BCUT2D eigenvalue weighted by Crippen LogP contribution is -2.34. The van der Waals surface area contributed by atoms with Crippen molar-refractivity contribution in [3.8, 4) is 0 Å². The van der Waals surface area contributed by atoms with Gasteiger partial charge in [0, 0.05) is 31.4 Å². The summed E-state index contributed by atoms with van der Waals surface area (Å²) < 4.78 is 0. The second-order valence-corrected chi connectivity index (χ2v) is 6.09. The zero-order valence-electron chi connectivity index (χ0n) is 12.6. The van der Waals surface area contributed by atoms with Gasteiger partial charge in [0.05, 0.1) is 11.9 Å². The molecule has 0 aliphatic heterocycles. The quantitative estimate of drug-likeness (QED) is 0.820. The van der Waals surface area contributed by atoms with Crippen LogP contribution in [0.2, 0.25) is 0 Å². The molecular weight excluding hydrogens is 236 g/mol. The summed E-state index contributed by atoms with van der Waals surface area (Å²) in [5.74, 6) is 1.88. The first-order valence-electron chi connectivity index (χ1n) is 7.37. The van der Waals surface area contributed by atoms with E-state index < -0.39 is 0 Å². The fraction of sp³-hybridized carbons (Fsp3) is 0.733. The largest absolute Gasteiger partial charge is 0.353 e. The van der Waals surface area contributed by atoms with Gasteiger partial charge in [-0.05, 0) is 32.6 Å². The molecule has 1 aliphatic carbocycles. The Kier molecular flexibility index (Phi) is 4.75. The van der Waals surface area contributed by atoms with Crippen molar-refractivity contribution in [2.45, 2.75) is 59.2 Å². The third-order valence-electron chi connectivity index (χ3n) is 3.43. The first-order valence-corrected chi connectivity index (χ1v) is 7.37. The average Bonchev–Trinajstić information content (AvgIpc) is 3.17. The third-order valence-corrected chi connectivity index (χ3v) is 3.43. The molecule has 0 bridgehead atoms. The van der Waals surface area contributed by atoms with Crippen molar-refractivity contribution in [3.63, 3.8) is 0 Å². The zero-order chi connectivity index (χ0) is 13.8. The zero-order valence-corrected chi connectivity index (χ0v) is 12.6. The van der Waals surface area contributed by atoms with Gasteiger partial charge in [-0.25, -0.2) is 4.98 Å². The van der Waals surface area contributed by atoms with Crippen molar-refractivity contribution in [3.05, 3.63) is 18.1 Å².